The van der Waals surface area contributed by atoms with E-state index in [1.54, 1.807) is 0 Å². The second-order valence-electron chi connectivity index (χ2n) is 8.58. The highest BCUT2D eigenvalue weighted by molar-refractivity contribution is 5.83. The van der Waals surface area contributed by atoms with Gasteiger partial charge in [0.2, 0.25) is 0 Å². The molecule has 162 valence electrons. The van der Waals surface area contributed by atoms with Gasteiger partial charge in [0.1, 0.15) is 5.82 Å². The normalized spacial score (nSPS) is 14.5. The van der Waals surface area contributed by atoms with Crippen LogP contribution in [-0.4, -0.2) is 41.3 Å². The van der Waals surface area contributed by atoms with E-state index >= 15 is 0 Å². The van der Waals surface area contributed by atoms with Gasteiger partial charge in [-0.1, -0.05) is 39.7 Å². The van der Waals surface area contributed by atoms with E-state index in [-0.39, 0.29) is 12.6 Å². The Morgan fingerprint density at radius 1 is 1.17 bits per heavy atom. The molecule has 3 rings (SSSR count). The van der Waals surface area contributed by atoms with Crippen molar-refractivity contribution in [2.75, 3.05) is 30.4 Å². The summed E-state index contributed by atoms with van der Waals surface area (Å²) in [4.78, 5) is 12.3. The molecule has 0 aliphatic carbocycles. The summed E-state index contributed by atoms with van der Waals surface area (Å²) in [5, 5.41) is 13.3. The van der Waals surface area contributed by atoms with E-state index in [0.717, 1.165) is 65.5 Å². The van der Waals surface area contributed by atoms with Crippen molar-refractivity contribution in [2.45, 2.75) is 65.8 Å². The van der Waals surface area contributed by atoms with Crippen molar-refractivity contribution in [1.82, 2.24) is 9.97 Å². The number of allylic oxidation sites excluding steroid dienone is 1. The van der Waals surface area contributed by atoms with Crippen molar-refractivity contribution in [3.8, 4) is 11.3 Å². The van der Waals surface area contributed by atoms with E-state index in [1.807, 2.05) is 7.05 Å². The number of fused-ring (bicyclic) bond motifs is 1. The standard InChI is InChI=1S/C25H36N4O/c1-7-8-9-19(15-30)29-13-12-17(4)24-22(29)14-18(5)23(28-24)20-10-11-21(16(2)3)27-25(20)26-6/h10-12,14,16,19,30H,7-9,13,15H2,1-6H3,(H,26,27). The molecule has 0 bridgehead atoms. The molecule has 1 unspecified atom stereocenters. The molecular formula is C25H36N4O. The number of aliphatic hydroxyl groups is 1. The predicted molar refractivity (Wildman–Crippen MR) is 127 cm³/mol. The van der Waals surface area contributed by atoms with E-state index in [9.17, 15) is 5.11 Å². The number of nitrogens with one attached hydrogen (secondary N) is 1. The van der Waals surface area contributed by atoms with E-state index in [0.29, 0.717) is 5.92 Å². The Kier molecular flexibility index (Phi) is 7.14. The number of aliphatic hydroxyl groups excluding tert-OH is 1. The monoisotopic (exact) mass is 408 g/mol. The van der Waals surface area contributed by atoms with Crippen molar-refractivity contribution in [2.24, 2.45) is 0 Å². The van der Waals surface area contributed by atoms with E-state index in [2.05, 4.69) is 69.1 Å². The van der Waals surface area contributed by atoms with Crippen LogP contribution in [0.5, 0.6) is 0 Å². The maximum absolute atomic E-state index is 10.0. The Morgan fingerprint density at radius 3 is 2.57 bits per heavy atom. The van der Waals surface area contributed by atoms with Crippen LogP contribution in [0.1, 0.15) is 69.8 Å². The number of hydrogen-bond acceptors (Lipinski definition) is 5. The number of unbranched alkanes of at least 4 members (excludes halogenated alkanes) is 1. The molecule has 0 saturated heterocycles. The van der Waals surface area contributed by atoms with Crippen molar-refractivity contribution in [3.05, 3.63) is 41.2 Å². The summed E-state index contributed by atoms with van der Waals surface area (Å²) in [7, 11) is 1.91. The molecule has 0 radical (unpaired) electrons. The Morgan fingerprint density at radius 2 is 1.93 bits per heavy atom. The van der Waals surface area contributed by atoms with Crippen molar-refractivity contribution in [3.63, 3.8) is 0 Å². The maximum atomic E-state index is 10.0. The lowest BCUT2D eigenvalue weighted by Crippen LogP contribution is -2.40. The first-order valence-corrected chi connectivity index (χ1v) is 11.2. The number of aromatic nitrogens is 2. The zero-order valence-electron chi connectivity index (χ0n) is 19.3. The van der Waals surface area contributed by atoms with E-state index in [1.165, 1.54) is 5.57 Å². The fourth-order valence-electron chi connectivity index (χ4n) is 4.12. The van der Waals surface area contributed by atoms with Gasteiger partial charge in [-0.3, -0.25) is 0 Å². The predicted octanol–water partition coefficient (Wildman–Crippen LogP) is 5.39. The summed E-state index contributed by atoms with van der Waals surface area (Å²) in [6, 6.07) is 6.59. The highest BCUT2D eigenvalue weighted by atomic mass is 16.3. The second kappa shape index (κ2) is 9.61. The van der Waals surface area contributed by atoms with E-state index in [4.69, 9.17) is 9.97 Å². The zero-order chi connectivity index (χ0) is 21.8. The average Bonchev–Trinajstić information content (AvgIpc) is 2.74. The van der Waals surface area contributed by atoms with Crippen LogP contribution in [0.4, 0.5) is 11.5 Å². The number of rotatable bonds is 8. The minimum absolute atomic E-state index is 0.125. The number of nitrogens with zero attached hydrogens (tertiary/aromatic N) is 3. The van der Waals surface area contributed by atoms with Crippen molar-refractivity contribution < 1.29 is 5.11 Å². The lowest BCUT2D eigenvalue weighted by atomic mass is 9.98. The third kappa shape index (κ3) is 4.36. The molecule has 30 heavy (non-hydrogen) atoms. The van der Waals surface area contributed by atoms with Crippen LogP contribution >= 0.6 is 0 Å². The molecule has 1 atom stereocenters. The third-order valence-electron chi connectivity index (χ3n) is 6.01. The molecule has 0 saturated carbocycles. The van der Waals surface area contributed by atoms with Gasteiger partial charge in [0, 0.05) is 24.8 Å². The molecule has 0 spiro atoms. The van der Waals surface area contributed by atoms with Gasteiger partial charge in [-0.2, -0.15) is 0 Å². The molecule has 5 heteroatoms. The first kappa shape index (κ1) is 22.3. The smallest absolute Gasteiger partial charge is 0.135 e. The zero-order valence-corrected chi connectivity index (χ0v) is 19.3. The van der Waals surface area contributed by atoms with Crippen molar-refractivity contribution >= 4 is 17.1 Å². The Labute approximate surface area is 181 Å². The fraction of sp³-hybridized carbons (Fsp3) is 0.520. The molecule has 3 heterocycles. The molecular weight excluding hydrogens is 372 g/mol. The quantitative estimate of drug-likeness (QED) is 0.613. The first-order chi connectivity index (χ1) is 14.4. The van der Waals surface area contributed by atoms with Gasteiger partial charge in [0.15, 0.2) is 0 Å². The van der Waals surface area contributed by atoms with Crippen LogP contribution in [0, 0.1) is 6.92 Å². The van der Waals surface area contributed by atoms with Crippen LogP contribution in [0.15, 0.2) is 24.3 Å². The number of anilines is 2. The summed E-state index contributed by atoms with van der Waals surface area (Å²) >= 11 is 0. The topological polar surface area (TPSA) is 61.3 Å². The summed E-state index contributed by atoms with van der Waals surface area (Å²) in [5.41, 5.74) is 7.50. The largest absolute Gasteiger partial charge is 0.394 e. The van der Waals surface area contributed by atoms with Crippen molar-refractivity contribution in [1.29, 1.82) is 0 Å². The first-order valence-electron chi connectivity index (χ1n) is 11.2. The number of pyridine rings is 2. The van der Waals surface area contributed by atoms with Crippen LogP contribution in [-0.2, 0) is 0 Å². The van der Waals surface area contributed by atoms with Gasteiger partial charge in [0.25, 0.3) is 0 Å². The molecule has 1 aliphatic rings. The number of hydrogen-bond donors (Lipinski definition) is 2. The summed E-state index contributed by atoms with van der Waals surface area (Å²) in [6.07, 6.45) is 5.46. The summed E-state index contributed by atoms with van der Waals surface area (Å²) in [6.45, 7) is 11.7. The minimum atomic E-state index is 0.125. The van der Waals surface area contributed by atoms with Gasteiger partial charge in [-0.05, 0) is 55.5 Å². The SMILES string of the molecule is CCCCC(CO)N1CC=C(C)c2nc(-c3ccc(C(C)C)nc3NC)c(C)cc21. The third-order valence-corrected chi connectivity index (χ3v) is 6.01. The molecule has 2 aromatic heterocycles. The molecule has 5 nitrogen and oxygen atoms in total. The second-order valence-corrected chi connectivity index (χ2v) is 8.58. The average molecular weight is 409 g/mol. The lowest BCUT2D eigenvalue weighted by molar-refractivity contribution is 0.252. The lowest BCUT2D eigenvalue weighted by Gasteiger charge is -2.36. The van der Waals surface area contributed by atoms with Crippen LogP contribution in [0.3, 0.4) is 0 Å². The van der Waals surface area contributed by atoms with Crippen LogP contribution < -0.4 is 10.2 Å². The molecule has 2 N–H and O–H groups in total. The van der Waals surface area contributed by atoms with Crippen LogP contribution in [0.2, 0.25) is 0 Å². The van der Waals surface area contributed by atoms with Crippen LogP contribution in [0.25, 0.3) is 16.8 Å². The van der Waals surface area contributed by atoms with Gasteiger partial charge in [-0.15, -0.1) is 0 Å². The number of aryl methyl sites for hydroxylation is 1. The summed E-state index contributed by atoms with van der Waals surface area (Å²) < 4.78 is 0. The maximum Gasteiger partial charge on any atom is 0.135 e. The van der Waals surface area contributed by atoms with E-state index < -0.39 is 0 Å². The molecule has 0 aromatic carbocycles. The molecule has 0 amide bonds. The summed E-state index contributed by atoms with van der Waals surface area (Å²) in [5.74, 6) is 1.24. The minimum Gasteiger partial charge on any atom is -0.394 e. The van der Waals surface area contributed by atoms with Gasteiger partial charge >= 0.3 is 0 Å². The highest BCUT2D eigenvalue weighted by Gasteiger charge is 2.26. The Hall–Kier alpha value is -2.40. The van der Waals surface area contributed by atoms with Gasteiger partial charge in [-0.25, -0.2) is 9.97 Å². The Bertz CT molecular complexity index is 920. The molecule has 0 fully saturated rings. The molecule has 1 aliphatic heterocycles. The van der Waals surface area contributed by atoms with Gasteiger partial charge < -0.3 is 15.3 Å². The Balaban J connectivity index is 2.08. The van der Waals surface area contributed by atoms with Gasteiger partial charge in [0.05, 0.1) is 29.7 Å². The molecule has 2 aromatic rings. The highest BCUT2D eigenvalue weighted by Crippen LogP contribution is 2.37. The fourth-order valence-corrected chi connectivity index (χ4v) is 4.12.